The molecule has 4 rings (SSSR count). The van der Waals surface area contributed by atoms with Gasteiger partial charge in [-0.2, -0.15) is 0 Å². The third-order valence-corrected chi connectivity index (χ3v) is 6.13. The molecule has 1 aliphatic rings. The number of fused-ring (bicyclic) bond motifs is 1. The number of carboxylic acids is 1. The minimum absolute atomic E-state index is 0.236. The number of hydrogen-bond acceptors (Lipinski definition) is 3. The van der Waals surface area contributed by atoms with E-state index in [4.69, 9.17) is 23.2 Å². The summed E-state index contributed by atoms with van der Waals surface area (Å²) in [5, 5.41) is 13.9. The first-order valence-electron chi connectivity index (χ1n) is 10.3. The van der Waals surface area contributed by atoms with Crippen LogP contribution in [-0.2, 0) is 16.0 Å². The van der Waals surface area contributed by atoms with Crippen LogP contribution in [0.1, 0.15) is 46.1 Å². The molecule has 3 aromatic carbocycles. The summed E-state index contributed by atoms with van der Waals surface area (Å²) in [5.74, 6) is -2.36. The van der Waals surface area contributed by atoms with Gasteiger partial charge in [-0.3, -0.25) is 9.59 Å². The minimum Gasteiger partial charge on any atom is -0.479 e. The number of hydrogen-bond donors (Lipinski definition) is 2. The number of aliphatic carboxylic acids is 1. The summed E-state index contributed by atoms with van der Waals surface area (Å²) >= 11 is 12.0. The Bertz CT molecular complexity index is 1230. The number of anilines is 1. The molecule has 6 nitrogen and oxygen atoms in total. The molecule has 2 N–H and O–H groups in total. The predicted octanol–water partition coefficient (Wildman–Crippen LogP) is 5.52. The topological polar surface area (TPSA) is 86.7 Å². The van der Waals surface area contributed by atoms with Crippen molar-refractivity contribution in [3.05, 3.63) is 99.0 Å². The van der Waals surface area contributed by atoms with Gasteiger partial charge in [-0.05, 0) is 59.5 Å². The van der Waals surface area contributed by atoms with Crippen molar-refractivity contribution >= 4 is 46.7 Å². The standard InChI is InChI=1S/C25H20Cl2N2O4/c1-2-14-3-12-20-19(13-14)24(31)29(22(25(32)33)16-6-10-18(27)11-7-16)21(23(30)28-20)15-4-8-17(26)9-5-15/h3-13,21-22H,2H2,1H3,(H,28,30)(H,32,33). The molecule has 2 atom stereocenters. The Labute approximate surface area is 200 Å². The van der Waals surface area contributed by atoms with Crippen LogP contribution in [0.3, 0.4) is 0 Å². The molecule has 0 spiro atoms. The second kappa shape index (κ2) is 9.25. The third kappa shape index (κ3) is 4.45. The quantitative estimate of drug-likeness (QED) is 0.501. The normalized spacial score (nSPS) is 16.6. The van der Waals surface area contributed by atoms with Gasteiger partial charge in [0.25, 0.3) is 11.8 Å². The van der Waals surface area contributed by atoms with Crippen LogP contribution in [0.4, 0.5) is 5.69 Å². The molecule has 2 amide bonds. The Morgan fingerprint density at radius 3 is 2.18 bits per heavy atom. The molecular formula is C25H20Cl2N2O4. The zero-order chi connectivity index (χ0) is 23.7. The number of carbonyl (C=O) groups excluding carboxylic acids is 2. The van der Waals surface area contributed by atoms with Crippen LogP contribution in [0.25, 0.3) is 0 Å². The maximum Gasteiger partial charge on any atom is 0.331 e. The fourth-order valence-electron chi connectivity index (χ4n) is 3.97. The number of aryl methyl sites for hydroxylation is 1. The molecule has 0 aromatic heterocycles. The second-order valence-corrected chi connectivity index (χ2v) is 8.55. The first kappa shape index (κ1) is 22.8. The third-order valence-electron chi connectivity index (χ3n) is 5.63. The summed E-state index contributed by atoms with van der Waals surface area (Å²) in [7, 11) is 0. The van der Waals surface area contributed by atoms with Gasteiger partial charge < -0.3 is 15.3 Å². The molecule has 33 heavy (non-hydrogen) atoms. The smallest absolute Gasteiger partial charge is 0.331 e. The lowest BCUT2D eigenvalue weighted by Gasteiger charge is -2.34. The van der Waals surface area contributed by atoms with E-state index < -0.39 is 29.9 Å². The van der Waals surface area contributed by atoms with Gasteiger partial charge in [0.15, 0.2) is 6.04 Å². The summed E-state index contributed by atoms with van der Waals surface area (Å²) in [6.45, 7) is 1.95. The molecule has 1 heterocycles. The highest BCUT2D eigenvalue weighted by Crippen LogP contribution is 2.38. The molecule has 0 aliphatic carbocycles. The number of nitrogens with one attached hydrogen (secondary N) is 1. The van der Waals surface area contributed by atoms with Crippen molar-refractivity contribution in [1.29, 1.82) is 0 Å². The van der Waals surface area contributed by atoms with Gasteiger partial charge in [-0.25, -0.2) is 4.79 Å². The lowest BCUT2D eigenvalue weighted by molar-refractivity contribution is -0.144. The highest BCUT2D eigenvalue weighted by Gasteiger charge is 2.43. The molecule has 3 aromatic rings. The number of carboxylic acid groups (broad SMARTS) is 1. The average molecular weight is 483 g/mol. The van der Waals surface area contributed by atoms with Crippen LogP contribution in [-0.4, -0.2) is 27.8 Å². The highest BCUT2D eigenvalue weighted by molar-refractivity contribution is 6.30. The van der Waals surface area contributed by atoms with Gasteiger partial charge in [0, 0.05) is 10.0 Å². The Morgan fingerprint density at radius 2 is 1.61 bits per heavy atom. The van der Waals surface area contributed by atoms with E-state index in [2.05, 4.69) is 5.32 Å². The van der Waals surface area contributed by atoms with E-state index in [9.17, 15) is 19.5 Å². The number of rotatable bonds is 5. The number of carbonyl (C=O) groups is 3. The van der Waals surface area contributed by atoms with E-state index >= 15 is 0 Å². The zero-order valence-corrected chi connectivity index (χ0v) is 19.1. The number of benzene rings is 3. The Kier molecular flexibility index (Phi) is 6.40. The zero-order valence-electron chi connectivity index (χ0n) is 17.6. The van der Waals surface area contributed by atoms with Crippen molar-refractivity contribution in [2.45, 2.75) is 25.4 Å². The summed E-state index contributed by atoms with van der Waals surface area (Å²) in [4.78, 5) is 41.0. The first-order chi connectivity index (χ1) is 15.8. The van der Waals surface area contributed by atoms with Gasteiger partial charge in [0.1, 0.15) is 6.04 Å². The van der Waals surface area contributed by atoms with E-state index in [1.165, 1.54) is 0 Å². The minimum atomic E-state index is -1.43. The lowest BCUT2D eigenvalue weighted by atomic mass is 9.97. The molecule has 168 valence electrons. The van der Waals surface area contributed by atoms with Crippen molar-refractivity contribution in [1.82, 2.24) is 4.90 Å². The van der Waals surface area contributed by atoms with E-state index in [0.29, 0.717) is 33.3 Å². The molecule has 0 radical (unpaired) electrons. The fraction of sp³-hybridized carbons (Fsp3) is 0.160. The van der Waals surface area contributed by atoms with Crippen molar-refractivity contribution < 1.29 is 19.5 Å². The van der Waals surface area contributed by atoms with Gasteiger partial charge in [0.05, 0.1) is 11.3 Å². The molecular weight excluding hydrogens is 463 g/mol. The van der Waals surface area contributed by atoms with E-state index in [1.54, 1.807) is 60.7 Å². The van der Waals surface area contributed by atoms with Crippen LogP contribution >= 0.6 is 23.2 Å². The SMILES string of the molecule is CCc1ccc2c(c1)C(=O)N(C(C(=O)O)c1ccc(Cl)cc1)C(c1ccc(Cl)cc1)C(=O)N2. The first-order valence-corrected chi connectivity index (χ1v) is 11.1. The molecule has 1 aliphatic heterocycles. The van der Waals surface area contributed by atoms with E-state index in [-0.39, 0.29) is 5.56 Å². The Morgan fingerprint density at radius 1 is 1.00 bits per heavy atom. The maximum absolute atomic E-state index is 13.9. The number of amides is 2. The molecule has 2 unspecified atom stereocenters. The van der Waals surface area contributed by atoms with Crippen LogP contribution in [0.15, 0.2) is 66.7 Å². The van der Waals surface area contributed by atoms with Crippen molar-refractivity contribution in [2.24, 2.45) is 0 Å². The average Bonchev–Trinajstić information content (AvgIpc) is 2.90. The van der Waals surface area contributed by atoms with Crippen molar-refractivity contribution in [3.8, 4) is 0 Å². The molecule has 8 heteroatoms. The Hall–Kier alpha value is -3.35. The van der Waals surface area contributed by atoms with Crippen molar-refractivity contribution in [3.63, 3.8) is 0 Å². The van der Waals surface area contributed by atoms with Gasteiger partial charge >= 0.3 is 5.97 Å². The Balaban J connectivity index is 1.95. The summed E-state index contributed by atoms with van der Waals surface area (Å²) < 4.78 is 0. The summed E-state index contributed by atoms with van der Waals surface area (Å²) in [5.41, 5.74) is 2.22. The molecule has 0 saturated heterocycles. The lowest BCUT2D eigenvalue weighted by Crippen LogP contribution is -2.44. The van der Waals surface area contributed by atoms with Crippen LogP contribution < -0.4 is 5.32 Å². The van der Waals surface area contributed by atoms with Crippen LogP contribution in [0, 0.1) is 0 Å². The highest BCUT2D eigenvalue weighted by atomic mass is 35.5. The molecule has 0 bridgehead atoms. The summed E-state index contributed by atoms with van der Waals surface area (Å²) in [6.07, 6.45) is 0.675. The largest absolute Gasteiger partial charge is 0.479 e. The second-order valence-electron chi connectivity index (χ2n) is 7.68. The monoisotopic (exact) mass is 482 g/mol. The molecule has 0 fully saturated rings. The fourth-order valence-corrected chi connectivity index (χ4v) is 4.22. The van der Waals surface area contributed by atoms with Gasteiger partial charge in [-0.1, -0.05) is 60.5 Å². The molecule has 0 saturated carbocycles. The number of nitrogens with zero attached hydrogens (tertiary/aromatic N) is 1. The summed E-state index contributed by atoms with van der Waals surface area (Å²) in [6, 6.07) is 15.2. The van der Waals surface area contributed by atoms with Gasteiger partial charge in [-0.15, -0.1) is 0 Å². The van der Waals surface area contributed by atoms with E-state index in [0.717, 1.165) is 10.5 Å². The van der Waals surface area contributed by atoms with Gasteiger partial charge in [0.2, 0.25) is 0 Å². The number of halogens is 2. The van der Waals surface area contributed by atoms with Crippen LogP contribution in [0.5, 0.6) is 0 Å². The predicted molar refractivity (Wildman–Crippen MR) is 127 cm³/mol. The van der Waals surface area contributed by atoms with Crippen molar-refractivity contribution in [2.75, 3.05) is 5.32 Å². The maximum atomic E-state index is 13.9. The van der Waals surface area contributed by atoms with Crippen LogP contribution in [0.2, 0.25) is 10.0 Å². The van der Waals surface area contributed by atoms with E-state index in [1.807, 2.05) is 13.0 Å².